The van der Waals surface area contributed by atoms with Gasteiger partial charge in [-0.05, 0) is 93.5 Å². The molecular formula is C39H46N4O6S. The maximum Gasteiger partial charge on any atom is 0.245 e. The minimum absolute atomic E-state index is 0.163. The van der Waals surface area contributed by atoms with E-state index in [1.54, 1.807) is 18.0 Å². The molecular weight excluding hydrogens is 653 g/mol. The van der Waals surface area contributed by atoms with Crippen LogP contribution >= 0.6 is 0 Å². The Hall–Kier alpha value is -4.25. The van der Waals surface area contributed by atoms with Crippen molar-refractivity contribution in [2.24, 2.45) is 11.3 Å². The highest BCUT2D eigenvalue weighted by Gasteiger charge is 2.62. The first-order valence-electron chi connectivity index (χ1n) is 17.9. The van der Waals surface area contributed by atoms with Gasteiger partial charge in [0.25, 0.3) is 0 Å². The molecule has 2 saturated carbocycles. The highest BCUT2D eigenvalue weighted by atomic mass is 32.2. The molecule has 0 spiro atoms. The maximum absolute atomic E-state index is 14.6. The van der Waals surface area contributed by atoms with Crippen LogP contribution in [0.5, 0.6) is 5.88 Å². The van der Waals surface area contributed by atoms with E-state index in [2.05, 4.69) is 21.1 Å². The molecule has 50 heavy (non-hydrogen) atoms. The second-order valence-corrected chi connectivity index (χ2v) is 17.1. The summed E-state index contributed by atoms with van der Waals surface area (Å²) in [6.07, 6.45) is 10.7. The van der Waals surface area contributed by atoms with Crippen LogP contribution in [0.3, 0.4) is 0 Å². The number of anilines is 1. The second kappa shape index (κ2) is 13.5. The van der Waals surface area contributed by atoms with E-state index >= 15 is 0 Å². The lowest BCUT2D eigenvalue weighted by atomic mass is 9.91. The van der Waals surface area contributed by atoms with E-state index in [4.69, 9.17) is 4.74 Å². The molecule has 1 saturated heterocycles. The first-order chi connectivity index (χ1) is 24.0. The topological polar surface area (TPSA) is 135 Å². The van der Waals surface area contributed by atoms with Gasteiger partial charge in [-0.2, -0.15) is 0 Å². The zero-order valence-electron chi connectivity index (χ0n) is 28.8. The number of rotatable bonds is 7. The number of aryl methyl sites for hydroxylation is 1. The standard InChI is InChI=1S/C39H46N4O6S/c1-26-11-10-14-29(21-26)41-32-16-7-5-3-4-6-13-28-23-39(28,37(46)42-50(47,48)38(2)18-19-38)24-34(44)33-22-30(25-43(33)36(32)45)49-35-31-15-9-8-12-27(31)17-20-40-35/h6,8-15,17,20-21,28,30,32-33,41H,3-5,7,16,18-19,22-25H2,1-2H3,(H,42,46)/b13-6-/t28-,30-,32+,33+,39-/m1/s1. The first-order valence-corrected chi connectivity index (χ1v) is 19.4. The molecule has 7 rings (SSSR count). The molecule has 0 bridgehead atoms. The van der Waals surface area contributed by atoms with E-state index in [9.17, 15) is 22.8 Å². The summed E-state index contributed by atoms with van der Waals surface area (Å²) in [5.74, 6) is -0.898. The number of ether oxygens (including phenoxy) is 1. The molecule has 264 valence electrons. The number of ketones is 1. The molecule has 2 aromatic carbocycles. The summed E-state index contributed by atoms with van der Waals surface area (Å²) >= 11 is 0. The van der Waals surface area contributed by atoms with Gasteiger partial charge in [-0.15, -0.1) is 0 Å². The van der Waals surface area contributed by atoms with Crippen LogP contribution in [-0.2, 0) is 24.4 Å². The van der Waals surface area contributed by atoms with Crippen molar-refractivity contribution >= 4 is 44.1 Å². The van der Waals surface area contributed by atoms with Crippen LogP contribution in [-0.4, -0.2) is 65.4 Å². The molecule has 2 amide bonds. The minimum atomic E-state index is -3.89. The molecule has 10 nitrogen and oxygen atoms in total. The molecule has 11 heteroatoms. The van der Waals surface area contributed by atoms with Gasteiger partial charge in [-0.25, -0.2) is 13.4 Å². The zero-order chi connectivity index (χ0) is 35.1. The van der Waals surface area contributed by atoms with E-state index < -0.39 is 44.3 Å². The van der Waals surface area contributed by atoms with Gasteiger partial charge in [0.2, 0.25) is 27.7 Å². The summed E-state index contributed by atoms with van der Waals surface area (Å²) in [6, 6.07) is 16.2. The van der Waals surface area contributed by atoms with E-state index in [1.165, 1.54) is 0 Å². The Balaban J connectivity index is 1.20. The van der Waals surface area contributed by atoms with Crippen molar-refractivity contribution in [3.63, 3.8) is 0 Å². The number of allylic oxidation sites excluding steroid dienone is 2. The number of carbonyl (C=O) groups excluding carboxylic acids is 3. The number of carbonyl (C=O) groups is 3. The van der Waals surface area contributed by atoms with Gasteiger partial charge in [0.1, 0.15) is 12.1 Å². The van der Waals surface area contributed by atoms with Crippen LogP contribution in [0.25, 0.3) is 10.8 Å². The lowest BCUT2D eigenvalue weighted by Gasteiger charge is -2.30. The lowest BCUT2D eigenvalue weighted by Crippen LogP contribution is -2.49. The molecule has 1 aromatic heterocycles. The van der Waals surface area contributed by atoms with Crippen molar-refractivity contribution in [3.8, 4) is 5.88 Å². The molecule has 2 aliphatic heterocycles. The van der Waals surface area contributed by atoms with E-state index in [1.807, 2.05) is 67.6 Å². The Morgan fingerprint density at radius 1 is 1.04 bits per heavy atom. The number of nitrogens with zero attached hydrogens (tertiary/aromatic N) is 2. The predicted molar refractivity (Wildman–Crippen MR) is 192 cm³/mol. The summed E-state index contributed by atoms with van der Waals surface area (Å²) in [6.45, 7) is 3.82. The quantitative estimate of drug-likeness (QED) is 0.293. The summed E-state index contributed by atoms with van der Waals surface area (Å²) in [4.78, 5) is 49.1. The van der Waals surface area contributed by atoms with Crippen molar-refractivity contribution in [1.82, 2.24) is 14.6 Å². The average Bonchev–Trinajstić information content (AvgIpc) is 3.97. The van der Waals surface area contributed by atoms with Gasteiger partial charge in [-0.1, -0.05) is 55.3 Å². The fourth-order valence-corrected chi connectivity index (χ4v) is 8.90. The molecule has 0 unspecified atom stereocenters. The molecule has 5 atom stereocenters. The maximum atomic E-state index is 14.6. The van der Waals surface area contributed by atoms with Gasteiger partial charge in [0.05, 0.1) is 22.7 Å². The van der Waals surface area contributed by atoms with Crippen molar-refractivity contribution in [1.29, 1.82) is 0 Å². The minimum Gasteiger partial charge on any atom is -0.472 e. The van der Waals surface area contributed by atoms with Crippen LogP contribution in [0.15, 0.2) is 72.9 Å². The smallest absolute Gasteiger partial charge is 0.245 e. The number of benzene rings is 2. The fraction of sp³-hybridized carbons (Fsp3) is 0.487. The third kappa shape index (κ3) is 6.89. The van der Waals surface area contributed by atoms with Crippen molar-refractivity contribution in [2.75, 3.05) is 11.9 Å². The third-order valence-corrected chi connectivity index (χ3v) is 13.3. The SMILES string of the molecule is Cc1cccc(N[C@H]2CCCCC/C=C\[C@@H]3C[C@@]3(C(=O)NS(=O)(=O)C3(C)CC3)CC(=O)[C@@H]3C[C@@H](Oc4nccc5ccccc45)CN3C2=O)c1. The first kappa shape index (κ1) is 34.2. The predicted octanol–water partition coefficient (Wildman–Crippen LogP) is 5.86. The number of aromatic nitrogens is 1. The number of fused-ring (bicyclic) bond motifs is 3. The van der Waals surface area contributed by atoms with Gasteiger partial charge in [0, 0.05) is 30.1 Å². The Labute approximate surface area is 294 Å². The molecule has 0 radical (unpaired) electrons. The van der Waals surface area contributed by atoms with Crippen molar-refractivity contribution < 1.29 is 27.5 Å². The number of hydrogen-bond acceptors (Lipinski definition) is 8. The van der Waals surface area contributed by atoms with Gasteiger partial charge < -0.3 is 15.0 Å². The second-order valence-electron chi connectivity index (χ2n) is 14.9. The Bertz CT molecular complexity index is 1940. The van der Waals surface area contributed by atoms with Crippen LogP contribution in [0.1, 0.15) is 76.7 Å². The fourth-order valence-electron chi connectivity index (χ4n) is 7.57. The van der Waals surface area contributed by atoms with Crippen LogP contribution in [0.4, 0.5) is 5.69 Å². The van der Waals surface area contributed by atoms with E-state index in [0.717, 1.165) is 47.7 Å². The van der Waals surface area contributed by atoms with Crippen LogP contribution in [0, 0.1) is 18.3 Å². The van der Waals surface area contributed by atoms with Gasteiger partial charge in [0.15, 0.2) is 5.78 Å². The molecule has 2 aliphatic carbocycles. The number of hydrogen-bond donors (Lipinski definition) is 2. The largest absolute Gasteiger partial charge is 0.472 e. The van der Waals surface area contributed by atoms with Crippen LogP contribution in [0.2, 0.25) is 0 Å². The molecule has 2 N–H and O–H groups in total. The zero-order valence-corrected chi connectivity index (χ0v) is 29.6. The highest BCUT2D eigenvalue weighted by Crippen LogP contribution is 2.57. The van der Waals surface area contributed by atoms with Gasteiger partial charge >= 0.3 is 0 Å². The number of amides is 2. The number of sulfonamides is 1. The van der Waals surface area contributed by atoms with Crippen LogP contribution < -0.4 is 14.8 Å². The molecule has 4 aliphatic rings. The lowest BCUT2D eigenvalue weighted by molar-refractivity contribution is -0.139. The average molecular weight is 699 g/mol. The summed E-state index contributed by atoms with van der Waals surface area (Å²) < 4.78 is 34.1. The van der Waals surface area contributed by atoms with Gasteiger partial charge in [-0.3, -0.25) is 19.1 Å². The Morgan fingerprint density at radius 3 is 2.66 bits per heavy atom. The number of pyridine rings is 1. The molecule has 3 aromatic rings. The normalized spacial score (nSPS) is 28.8. The van der Waals surface area contributed by atoms with E-state index in [0.29, 0.717) is 31.6 Å². The summed E-state index contributed by atoms with van der Waals surface area (Å²) in [5, 5.41) is 5.27. The van der Waals surface area contributed by atoms with Crippen molar-refractivity contribution in [3.05, 3.63) is 78.5 Å². The summed E-state index contributed by atoms with van der Waals surface area (Å²) in [7, 11) is -3.89. The highest BCUT2D eigenvalue weighted by molar-refractivity contribution is 7.91. The Kier molecular flexibility index (Phi) is 9.21. The molecule has 3 fully saturated rings. The Morgan fingerprint density at radius 2 is 1.86 bits per heavy atom. The van der Waals surface area contributed by atoms with E-state index in [-0.39, 0.29) is 37.0 Å². The number of Topliss-reactive ketones (excluding diaryl/α,β-unsaturated/α-hetero) is 1. The number of nitrogens with one attached hydrogen (secondary N) is 2. The summed E-state index contributed by atoms with van der Waals surface area (Å²) in [5.41, 5.74) is 0.717. The third-order valence-electron chi connectivity index (χ3n) is 11.1. The molecule has 3 heterocycles. The monoisotopic (exact) mass is 698 g/mol. The van der Waals surface area contributed by atoms with Crippen molar-refractivity contribution in [2.45, 2.75) is 101 Å².